The molecule has 0 aromatic heterocycles. The van der Waals surface area contributed by atoms with E-state index in [0.29, 0.717) is 6.10 Å². The first-order valence-corrected chi connectivity index (χ1v) is 8.42. The largest absolute Gasteiger partial charge is 0.414 e. The van der Waals surface area contributed by atoms with Crippen LogP contribution in [0.2, 0.25) is 18.1 Å². The maximum absolute atomic E-state index is 6.34. The van der Waals surface area contributed by atoms with Gasteiger partial charge in [-0.1, -0.05) is 34.1 Å². The molecule has 1 rings (SSSR count). The van der Waals surface area contributed by atoms with Crippen molar-refractivity contribution >= 4 is 8.32 Å². The predicted octanol–water partition coefficient (Wildman–Crippen LogP) is 3.81. The molecular formula is C11H24OSi. The van der Waals surface area contributed by atoms with Gasteiger partial charge >= 0.3 is 0 Å². The molecule has 0 radical (unpaired) electrons. The Bertz CT molecular complexity index is 146. The number of hydrogen-bond donors (Lipinski definition) is 0. The van der Waals surface area contributed by atoms with Crippen LogP contribution >= 0.6 is 0 Å². The van der Waals surface area contributed by atoms with Crippen LogP contribution in [0, 0.1) is 5.92 Å². The Hall–Kier alpha value is 0.177. The zero-order chi connectivity index (χ0) is 9.90. The summed E-state index contributed by atoms with van der Waals surface area (Å²) in [4.78, 5) is 0. The molecule has 0 saturated heterocycles. The highest BCUT2D eigenvalue weighted by Crippen LogP contribution is 2.40. The first kappa shape index (κ1) is 11.3. The molecular weight excluding hydrogens is 176 g/mol. The fraction of sp³-hybridized carbons (Fsp3) is 1.00. The molecule has 0 N–H and O–H groups in total. The third-order valence-electron chi connectivity index (χ3n) is 3.72. The van der Waals surface area contributed by atoms with Gasteiger partial charge in [0, 0.05) is 6.10 Å². The topological polar surface area (TPSA) is 9.23 Å². The highest BCUT2D eigenvalue weighted by atomic mass is 28.4. The maximum Gasteiger partial charge on any atom is 0.192 e. The molecule has 0 aromatic rings. The molecule has 1 aliphatic carbocycles. The monoisotopic (exact) mass is 200 g/mol. The van der Waals surface area contributed by atoms with E-state index in [-0.39, 0.29) is 0 Å². The second-order valence-corrected chi connectivity index (χ2v) is 9.03. The fourth-order valence-electron chi connectivity index (χ4n) is 2.11. The summed E-state index contributed by atoms with van der Waals surface area (Å²) in [6.45, 7) is 9.20. The second-order valence-electron chi connectivity index (χ2n) is 4.30. The van der Waals surface area contributed by atoms with E-state index in [9.17, 15) is 0 Å². The van der Waals surface area contributed by atoms with Gasteiger partial charge < -0.3 is 4.43 Å². The van der Waals surface area contributed by atoms with Crippen molar-refractivity contribution in [3.63, 3.8) is 0 Å². The smallest absolute Gasteiger partial charge is 0.192 e. The van der Waals surface area contributed by atoms with Crippen LogP contribution in [-0.2, 0) is 4.43 Å². The molecule has 0 heterocycles. The van der Waals surface area contributed by atoms with Crippen molar-refractivity contribution in [3.05, 3.63) is 0 Å². The van der Waals surface area contributed by atoms with Gasteiger partial charge in [-0.05, 0) is 30.5 Å². The summed E-state index contributed by atoms with van der Waals surface area (Å²) in [5.41, 5.74) is 0. The minimum Gasteiger partial charge on any atom is -0.414 e. The summed E-state index contributed by atoms with van der Waals surface area (Å²) in [5.74, 6) is 0.900. The van der Waals surface area contributed by atoms with Gasteiger partial charge in [-0.15, -0.1) is 0 Å². The Morgan fingerprint density at radius 1 is 1.08 bits per heavy atom. The van der Waals surface area contributed by atoms with Crippen molar-refractivity contribution in [3.8, 4) is 0 Å². The second kappa shape index (κ2) is 4.60. The van der Waals surface area contributed by atoms with Gasteiger partial charge in [-0.2, -0.15) is 0 Å². The standard InChI is InChI=1S/C11H24OSi/c1-5-10-9-11(10)12-13(6-2,7-3)8-4/h10-11H,5-9H2,1-4H3. The van der Waals surface area contributed by atoms with E-state index in [1.165, 1.54) is 31.0 Å². The van der Waals surface area contributed by atoms with Crippen molar-refractivity contribution < 1.29 is 4.43 Å². The van der Waals surface area contributed by atoms with Crippen molar-refractivity contribution in [1.82, 2.24) is 0 Å². The summed E-state index contributed by atoms with van der Waals surface area (Å²) in [5, 5.41) is 0. The van der Waals surface area contributed by atoms with Crippen LogP contribution in [0.1, 0.15) is 40.5 Å². The van der Waals surface area contributed by atoms with Gasteiger partial charge in [-0.3, -0.25) is 0 Å². The Balaban J connectivity index is 2.39. The van der Waals surface area contributed by atoms with E-state index in [1.54, 1.807) is 0 Å². The first-order chi connectivity index (χ1) is 6.21. The number of rotatable bonds is 6. The first-order valence-electron chi connectivity index (χ1n) is 5.89. The molecule has 0 spiro atoms. The van der Waals surface area contributed by atoms with Gasteiger partial charge in [0.25, 0.3) is 0 Å². The quantitative estimate of drug-likeness (QED) is 0.593. The van der Waals surface area contributed by atoms with Gasteiger partial charge in [-0.25, -0.2) is 0 Å². The van der Waals surface area contributed by atoms with Crippen LogP contribution in [0.25, 0.3) is 0 Å². The summed E-state index contributed by atoms with van der Waals surface area (Å²) in [6, 6.07) is 3.90. The molecule has 1 fully saturated rings. The molecule has 2 unspecified atom stereocenters. The van der Waals surface area contributed by atoms with Gasteiger partial charge in [0.05, 0.1) is 0 Å². The Labute approximate surface area is 84.0 Å². The average molecular weight is 200 g/mol. The third-order valence-corrected chi connectivity index (χ3v) is 8.39. The Morgan fingerprint density at radius 2 is 1.62 bits per heavy atom. The van der Waals surface area contributed by atoms with Crippen LogP contribution in [0.4, 0.5) is 0 Å². The van der Waals surface area contributed by atoms with E-state index in [4.69, 9.17) is 4.43 Å². The van der Waals surface area contributed by atoms with Crippen molar-refractivity contribution in [2.75, 3.05) is 0 Å². The van der Waals surface area contributed by atoms with Crippen LogP contribution in [0.3, 0.4) is 0 Å². The highest BCUT2D eigenvalue weighted by molar-refractivity contribution is 6.73. The van der Waals surface area contributed by atoms with Crippen LogP contribution < -0.4 is 0 Å². The van der Waals surface area contributed by atoms with Crippen molar-refractivity contribution in [1.29, 1.82) is 0 Å². The van der Waals surface area contributed by atoms with Crippen LogP contribution in [-0.4, -0.2) is 14.4 Å². The predicted molar refractivity (Wildman–Crippen MR) is 60.5 cm³/mol. The van der Waals surface area contributed by atoms with Gasteiger partial charge in [0.1, 0.15) is 0 Å². The zero-order valence-corrected chi connectivity index (χ0v) is 10.6. The Morgan fingerprint density at radius 3 is 1.92 bits per heavy atom. The van der Waals surface area contributed by atoms with Crippen molar-refractivity contribution in [2.24, 2.45) is 5.92 Å². The number of hydrogen-bond acceptors (Lipinski definition) is 1. The summed E-state index contributed by atoms with van der Waals surface area (Å²) in [7, 11) is -1.28. The molecule has 0 aromatic carbocycles. The van der Waals surface area contributed by atoms with E-state index in [0.717, 1.165) is 5.92 Å². The summed E-state index contributed by atoms with van der Waals surface area (Å²) < 4.78 is 6.34. The minimum atomic E-state index is -1.28. The molecule has 1 nitrogen and oxygen atoms in total. The molecule has 2 heteroatoms. The SMILES string of the molecule is CCC1CC1O[Si](CC)(CC)CC. The molecule has 13 heavy (non-hydrogen) atoms. The average Bonchev–Trinajstić information content (AvgIpc) is 2.93. The summed E-state index contributed by atoms with van der Waals surface area (Å²) in [6.07, 6.45) is 3.30. The minimum absolute atomic E-state index is 0.650. The third kappa shape index (κ3) is 2.56. The highest BCUT2D eigenvalue weighted by Gasteiger charge is 2.42. The van der Waals surface area contributed by atoms with E-state index < -0.39 is 8.32 Å². The lowest BCUT2D eigenvalue weighted by Gasteiger charge is -2.28. The van der Waals surface area contributed by atoms with E-state index in [2.05, 4.69) is 27.7 Å². The Kier molecular flexibility index (Phi) is 3.99. The molecule has 0 aliphatic heterocycles. The van der Waals surface area contributed by atoms with Crippen molar-refractivity contribution in [2.45, 2.75) is 64.8 Å². The van der Waals surface area contributed by atoms with Gasteiger partial charge in [0.2, 0.25) is 0 Å². The maximum atomic E-state index is 6.34. The molecule has 78 valence electrons. The zero-order valence-electron chi connectivity index (χ0n) is 9.60. The van der Waals surface area contributed by atoms with E-state index in [1.807, 2.05) is 0 Å². The molecule has 1 aliphatic rings. The molecule has 2 atom stereocenters. The van der Waals surface area contributed by atoms with Gasteiger partial charge in [0.15, 0.2) is 8.32 Å². The normalized spacial score (nSPS) is 27.7. The van der Waals surface area contributed by atoms with E-state index >= 15 is 0 Å². The lowest BCUT2D eigenvalue weighted by molar-refractivity contribution is 0.265. The van der Waals surface area contributed by atoms with Crippen LogP contribution in [0.15, 0.2) is 0 Å². The summed E-state index contributed by atoms with van der Waals surface area (Å²) >= 11 is 0. The lowest BCUT2D eigenvalue weighted by Crippen LogP contribution is -2.36. The molecule has 1 saturated carbocycles. The fourth-order valence-corrected chi connectivity index (χ4v) is 5.05. The molecule has 0 bridgehead atoms. The molecule has 0 amide bonds. The van der Waals surface area contributed by atoms with Crippen LogP contribution in [0.5, 0.6) is 0 Å². The lowest BCUT2D eigenvalue weighted by atomic mass is 10.3.